The zero-order valence-corrected chi connectivity index (χ0v) is 11.6. The third-order valence-electron chi connectivity index (χ3n) is 2.95. The van der Waals surface area contributed by atoms with Gasteiger partial charge in [0.15, 0.2) is 0 Å². The van der Waals surface area contributed by atoms with E-state index in [1.54, 1.807) is 7.11 Å². The van der Waals surface area contributed by atoms with Gasteiger partial charge in [-0.15, -0.1) is 0 Å². The summed E-state index contributed by atoms with van der Waals surface area (Å²) in [6.45, 7) is 5.82. The van der Waals surface area contributed by atoms with E-state index >= 15 is 0 Å². The summed E-state index contributed by atoms with van der Waals surface area (Å²) in [4.78, 5) is 0. The molecule has 0 aromatic heterocycles. The second-order valence-corrected chi connectivity index (χ2v) is 4.99. The van der Waals surface area contributed by atoms with Crippen LogP contribution in [0.4, 0.5) is 0 Å². The minimum atomic E-state index is 0.253. The Bertz CT molecular complexity index is 321. The molecule has 3 heteroatoms. The molecule has 3 nitrogen and oxygen atoms in total. The lowest BCUT2D eigenvalue weighted by molar-refractivity contribution is 0.0800. The van der Waals surface area contributed by atoms with Crippen LogP contribution in [0.5, 0.6) is 5.75 Å². The minimum absolute atomic E-state index is 0.253. The quantitative estimate of drug-likeness (QED) is 0.773. The van der Waals surface area contributed by atoms with Crippen molar-refractivity contribution in [1.82, 2.24) is 0 Å². The predicted molar refractivity (Wildman–Crippen MR) is 72.7 cm³/mol. The SMILES string of the molecule is COc1ccc(COCC(C)C[C@@H](C)CO)cc1. The standard InChI is InChI=1S/C15H24O3/c1-12(9-16)8-13(2)10-18-11-14-4-6-15(17-3)7-5-14/h4-7,12-13,16H,8-11H2,1-3H3/t12-,13?/m1/s1. The third kappa shape index (κ3) is 5.52. The Morgan fingerprint density at radius 2 is 1.78 bits per heavy atom. The highest BCUT2D eigenvalue weighted by Crippen LogP contribution is 2.14. The number of hydrogen-bond acceptors (Lipinski definition) is 3. The molecule has 0 bridgehead atoms. The maximum absolute atomic E-state index is 8.98. The Morgan fingerprint density at radius 3 is 2.33 bits per heavy atom. The highest BCUT2D eigenvalue weighted by atomic mass is 16.5. The van der Waals surface area contributed by atoms with Gasteiger partial charge in [-0.1, -0.05) is 26.0 Å². The number of aliphatic hydroxyl groups excluding tert-OH is 1. The van der Waals surface area contributed by atoms with Crippen LogP contribution in [0.3, 0.4) is 0 Å². The van der Waals surface area contributed by atoms with Crippen molar-refractivity contribution in [1.29, 1.82) is 0 Å². The fourth-order valence-electron chi connectivity index (χ4n) is 1.93. The molecule has 0 heterocycles. The lowest BCUT2D eigenvalue weighted by Gasteiger charge is -2.15. The Kier molecular flexibility index (Phi) is 6.76. The third-order valence-corrected chi connectivity index (χ3v) is 2.95. The van der Waals surface area contributed by atoms with E-state index in [9.17, 15) is 0 Å². The van der Waals surface area contributed by atoms with Crippen LogP contribution in [0.15, 0.2) is 24.3 Å². The van der Waals surface area contributed by atoms with Crippen LogP contribution in [0.2, 0.25) is 0 Å². The number of aliphatic hydroxyl groups is 1. The minimum Gasteiger partial charge on any atom is -0.497 e. The predicted octanol–water partition coefficient (Wildman–Crippen LogP) is 2.87. The van der Waals surface area contributed by atoms with E-state index in [1.165, 1.54) is 0 Å². The molecule has 1 N–H and O–H groups in total. The molecule has 0 fully saturated rings. The van der Waals surface area contributed by atoms with E-state index in [-0.39, 0.29) is 6.61 Å². The molecule has 0 saturated carbocycles. The molecule has 0 aliphatic rings. The summed E-state index contributed by atoms with van der Waals surface area (Å²) in [7, 11) is 1.66. The van der Waals surface area contributed by atoms with Crippen LogP contribution in [-0.2, 0) is 11.3 Å². The molecule has 0 radical (unpaired) electrons. The van der Waals surface area contributed by atoms with Gasteiger partial charge in [0.25, 0.3) is 0 Å². The molecule has 1 aromatic carbocycles. The number of hydrogen-bond donors (Lipinski definition) is 1. The number of rotatable bonds is 8. The van der Waals surface area contributed by atoms with E-state index in [0.29, 0.717) is 18.4 Å². The highest BCUT2D eigenvalue weighted by Gasteiger charge is 2.08. The van der Waals surface area contributed by atoms with Gasteiger partial charge < -0.3 is 14.6 Å². The maximum Gasteiger partial charge on any atom is 0.118 e. The normalized spacial score (nSPS) is 14.2. The first kappa shape index (κ1) is 15.0. The number of benzene rings is 1. The first-order valence-corrected chi connectivity index (χ1v) is 6.47. The number of ether oxygens (including phenoxy) is 2. The van der Waals surface area contributed by atoms with Gasteiger partial charge in [-0.05, 0) is 36.0 Å². The first-order valence-electron chi connectivity index (χ1n) is 6.47. The summed E-state index contributed by atoms with van der Waals surface area (Å²) in [5.74, 6) is 1.69. The Labute approximate surface area is 110 Å². The van der Waals surface area contributed by atoms with Crippen LogP contribution in [0.25, 0.3) is 0 Å². The molecule has 0 amide bonds. The smallest absolute Gasteiger partial charge is 0.118 e. The second-order valence-electron chi connectivity index (χ2n) is 4.99. The van der Waals surface area contributed by atoms with E-state index < -0.39 is 0 Å². The topological polar surface area (TPSA) is 38.7 Å². The molecule has 0 aliphatic heterocycles. The average Bonchev–Trinajstić information content (AvgIpc) is 2.39. The van der Waals surface area contributed by atoms with E-state index in [2.05, 4.69) is 13.8 Å². The molecule has 0 aliphatic carbocycles. The van der Waals surface area contributed by atoms with Crippen LogP contribution < -0.4 is 4.74 Å². The molecule has 2 atom stereocenters. The average molecular weight is 252 g/mol. The number of methoxy groups -OCH3 is 1. The van der Waals surface area contributed by atoms with E-state index in [0.717, 1.165) is 24.3 Å². The summed E-state index contributed by atoms with van der Waals surface area (Å²) >= 11 is 0. The summed E-state index contributed by atoms with van der Waals surface area (Å²) in [5, 5.41) is 8.98. The van der Waals surface area contributed by atoms with Gasteiger partial charge in [-0.25, -0.2) is 0 Å². The fourth-order valence-corrected chi connectivity index (χ4v) is 1.93. The van der Waals surface area contributed by atoms with E-state index in [4.69, 9.17) is 14.6 Å². The zero-order chi connectivity index (χ0) is 13.4. The van der Waals surface area contributed by atoms with Crippen molar-refractivity contribution in [2.75, 3.05) is 20.3 Å². The monoisotopic (exact) mass is 252 g/mol. The van der Waals surface area contributed by atoms with Gasteiger partial charge in [0.2, 0.25) is 0 Å². The Morgan fingerprint density at radius 1 is 1.11 bits per heavy atom. The molecular formula is C15H24O3. The van der Waals surface area contributed by atoms with Gasteiger partial charge >= 0.3 is 0 Å². The Hall–Kier alpha value is -1.06. The van der Waals surface area contributed by atoms with Crippen molar-refractivity contribution in [3.8, 4) is 5.75 Å². The summed E-state index contributed by atoms with van der Waals surface area (Å²) in [5.41, 5.74) is 1.15. The molecule has 1 aromatic rings. The summed E-state index contributed by atoms with van der Waals surface area (Å²) in [6.07, 6.45) is 0.999. The van der Waals surface area contributed by atoms with Crippen molar-refractivity contribution in [3.05, 3.63) is 29.8 Å². The molecule has 0 saturated heterocycles. The highest BCUT2D eigenvalue weighted by molar-refractivity contribution is 5.26. The molecule has 1 unspecified atom stereocenters. The van der Waals surface area contributed by atoms with Crippen molar-refractivity contribution in [2.45, 2.75) is 26.9 Å². The Balaban J connectivity index is 2.24. The molecule has 1 rings (SSSR count). The lowest BCUT2D eigenvalue weighted by atomic mass is 9.99. The largest absolute Gasteiger partial charge is 0.497 e. The van der Waals surface area contributed by atoms with Crippen molar-refractivity contribution in [3.63, 3.8) is 0 Å². The van der Waals surface area contributed by atoms with Gasteiger partial charge in [0, 0.05) is 13.2 Å². The van der Waals surface area contributed by atoms with Crippen LogP contribution in [0, 0.1) is 11.8 Å². The summed E-state index contributed by atoms with van der Waals surface area (Å²) < 4.78 is 10.8. The molecule has 102 valence electrons. The fraction of sp³-hybridized carbons (Fsp3) is 0.600. The molecular weight excluding hydrogens is 228 g/mol. The van der Waals surface area contributed by atoms with Crippen molar-refractivity contribution < 1.29 is 14.6 Å². The van der Waals surface area contributed by atoms with Crippen molar-refractivity contribution in [2.24, 2.45) is 11.8 Å². The molecule has 18 heavy (non-hydrogen) atoms. The maximum atomic E-state index is 8.98. The van der Waals surface area contributed by atoms with Gasteiger partial charge in [-0.2, -0.15) is 0 Å². The lowest BCUT2D eigenvalue weighted by Crippen LogP contribution is -2.12. The summed E-state index contributed by atoms with van der Waals surface area (Å²) in [6, 6.07) is 7.91. The van der Waals surface area contributed by atoms with Crippen LogP contribution in [0.1, 0.15) is 25.8 Å². The van der Waals surface area contributed by atoms with E-state index in [1.807, 2.05) is 24.3 Å². The van der Waals surface area contributed by atoms with Gasteiger partial charge in [0.05, 0.1) is 13.7 Å². The van der Waals surface area contributed by atoms with Gasteiger partial charge in [-0.3, -0.25) is 0 Å². The second kappa shape index (κ2) is 8.11. The van der Waals surface area contributed by atoms with Crippen LogP contribution in [-0.4, -0.2) is 25.4 Å². The van der Waals surface area contributed by atoms with Crippen LogP contribution >= 0.6 is 0 Å². The zero-order valence-electron chi connectivity index (χ0n) is 11.6. The molecule has 0 spiro atoms. The first-order chi connectivity index (χ1) is 8.65. The van der Waals surface area contributed by atoms with Crippen molar-refractivity contribution >= 4 is 0 Å². The van der Waals surface area contributed by atoms with Gasteiger partial charge in [0.1, 0.15) is 5.75 Å².